The summed E-state index contributed by atoms with van der Waals surface area (Å²) in [5.74, 6) is -0.127. The van der Waals surface area contributed by atoms with Crippen LogP contribution < -0.4 is 10.6 Å². The monoisotopic (exact) mass is 349 g/mol. The fourth-order valence-corrected chi connectivity index (χ4v) is 3.79. The molecule has 1 aliphatic rings. The van der Waals surface area contributed by atoms with Gasteiger partial charge in [-0.1, -0.05) is 0 Å². The van der Waals surface area contributed by atoms with Gasteiger partial charge in [-0.25, -0.2) is 0 Å². The number of hydrogen-bond acceptors (Lipinski definition) is 4. The number of nitrogens with zero attached hydrogens (tertiary/aromatic N) is 1. The number of hydrogen-bond donors (Lipinski definition) is 2. The van der Waals surface area contributed by atoms with E-state index in [-0.39, 0.29) is 17.1 Å². The largest absolute Gasteiger partial charge is 0.351 e. The van der Waals surface area contributed by atoms with Gasteiger partial charge in [0.25, 0.3) is 5.91 Å². The quantitative estimate of drug-likeness (QED) is 0.829. The first-order valence-corrected chi connectivity index (χ1v) is 9.33. The Balaban J connectivity index is 1.96. The van der Waals surface area contributed by atoms with Crippen molar-refractivity contribution in [1.82, 2.24) is 10.2 Å². The molecule has 1 atom stereocenters. The van der Waals surface area contributed by atoms with Crippen LogP contribution in [-0.2, 0) is 4.79 Å². The maximum atomic E-state index is 12.3. The molecule has 132 valence electrons. The molecule has 0 radical (unpaired) electrons. The number of benzene rings is 1. The average molecular weight is 350 g/mol. The lowest BCUT2D eigenvalue weighted by molar-refractivity contribution is -0.115. The molecule has 2 rings (SSSR count). The second kappa shape index (κ2) is 8.03. The Morgan fingerprint density at radius 1 is 1.29 bits per heavy atom. The number of fused-ring (bicyclic) bond motifs is 1. The van der Waals surface area contributed by atoms with Crippen LogP contribution in [0.5, 0.6) is 0 Å². The number of anilines is 1. The van der Waals surface area contributed by atoms with E-state index in [0.29, 0.717) is 24.2 Å². The van der Waals surface area contributed by atoms with E-state index < -0.39 is 0 Å². The predicted molar refractivity (Wildman–Crippen MR) is 99.7 cm³/mol. The topological polar surface area (TPSA) is 61.4 Å². The molecule has 2 N–H and O–H groups in total. The summed E-state index contributed by atoms with van der Waals surface area (Å²) in [6.45, 7) is 11.9. The Kier molecular flexibility index (Phi) is 6.29. The molecule has 1 aliphatic heterocycles. The lowest BCUT2D eigenvalue weighted by atomic mass is 10.1. The van der Waals surface area contributed by atoms with Gasteiger partial charge in [-0.3, -0.25) is 14.5 Å². The van der Waals surface area contributed by atoms with Crippen LogP contribution >= 0.6 is 11.8 Å². The van der Waals surface area contributed by atoms with Crippen LogP contribution in [0.2, 0.25) is 0 Å². The zero-order valence-electron chi connectivity index (χ0n) is 15.1. The first-order chi connectivity index (χ1) is 11.3. The van der Waals surface area contributed by atoms with Gasteiger partial charge in [-0.2, -0.15) is 0 Å². The van der Waals surface area contributed by atoms with Gasteiger partial charge in [0.15, 0.2) is 0 Å². The highest BCUT2D eigenvalue weighted by Gasteiger charge is 2.23. The number of rotatable bonds is 6. The van der Waals surface area contributed by atoms with E-state index in [1.807, 2.05) is 19.1 Å². The summed E-state index contributed by atoms with van der Waals surface area (Å²) in [4.78, 5) is 27.5. The Morgan fingerprint density at radius 3 is 2.58 bits per heavy atom. The lowest BCUT2D eigenvalue weighted by Gasteiger charge is -2.30. The summed E-state index contributed by atoms with van der Waals surface area (Å²) in [5.41, 5.74) is 1.30. The summed E-state index contributed by atoms with van der Waals surface area (Å²) in [5, 5.41) is 5.73. The minimum absolute atomic E-state index is 0.0189. The summed E-state index contributed by atoms with van der Waals surface area (Å²) < 4.78 is 0. The van der Waals surface area contributed by atoms with Gasteiger partial charge in [-0.05, 0) is 52.8 Å². The Hall–Kier alpha value is -1.53. The van der Waals surface area contributed by atoms with Crippen LogP contribution in [0.3, 0.4) is 0 Å². The molecular formula is C18H27N3O2S. The SMILES string of the molecule is CC(C)N(CCNC(=O)c1ccc2c(c1)NC(=O)[C@H](C)S2)C(C)C. The van der Waals surface area contributed by atoms with Crippen LogP contribution in [0.15, 0.2) is 23.1 Å². The highest BCUT2D eigenvalue weighted by Crippen LogP contribution is 2.35. The summed E-state index contributed by atoms with van der Waals surface area (Å²) >= 11 is 1.52. The van der Waals surface area contributed by atoms with Crippen molar-refractivity contribution in [2.75, 3.05) is 18.4 Å². The van der Waals surface area contributed by atoms with Crippen molar-refractivity contribution >= 4 is 29.3 Å². The molecule has 5 nitrogen and oxygen atoms in total. The molecule has 0 aliphatic carbocycles. The van der Waals surface area contributed by atoms with E-state index in [9.17, 15) is 9.59 Å². The van der Waals surface area contributed by atoms with Crippen molar-refractivity contribution < 1.29 is 9.59 Å². The van der Waals surface area contributed by atoms with Gasteiger partial charge in [-0.15, -0.1) is 11.8 Å². The van der Waals surface area contributed by atoms with E-state index in [1.165, 1.54) is 11.8 Å². The number of amides is 2. The third kappa shape index (κ3) is 4.51. The molecule has 6 heteroatoms. The second-order valence-electron chi connectivity index (χ2n) is 6.64. The van der Waals surface area contributed by atoms with Crippen molar-refractivity contribution in [3.05, 3.63) is 23.8 Å². The Labute approximate surface area is 148 Å². The molecule has 0 aromatic heterocycles. The normalized spacial score (nSPS) is 17.2. The summed E-state index contributed by atoms with van der Waals surface area (Å²) in [7, 11) is 0. The minimum Gasteiger partial charge on any atom is -0.351 e. The average Bonchev–Trinajstić information content (AvgIpc) is 2.51. The van der Waals surface area contributed by atoms with Crippen molar-refractivity contribution in [1.29, 1.82) is 0 Å². The zero-order valence-corrected chi connectivity index (χ0v) is 15.9. The van der Waals surface area contributed by atoms with Crippen molar-refractivity contribution in [3.8, 4) is 0 Å². The van der Waals surface area contributed by atoms with Gasteiger partial charge >= 0.3 is 0 Å². The van der Waals surface area contributed by atoms with Gasteiger partial charge in [0, 0.05) is 35.6 Å². The van der Waals surface area contributed by atoms with E-state index in [0.717, 1.165) is 17.1 Å². The van der Waals surface area contributed by atoms with E-state index in [2.05, 4.69) is 43.2 Å². The molecule has 2 amide bonds. The Morgan fingerprint density at radius 2 is 1.96 bits per heavy atom. The van der Waals surface area contributed by atoms with Crippen LogP contribution in [0, 0.1) is 0 Å². The van der Waals surface area contributed by atoms with Crippen LogP contribution in [0.4, 0.5) is 5.69 Å². The maximum absolute atomic E-state index is 12.3. The van der Waals surface area contributed by atoms with E-state index >= 15 is 0 Å². The van der Waals surface area contributed by atoms with Gasteiger partial charge in [0.1, 0.15) is 0 Å². The molecular weight excluding hydrogens is 322 g/mol. The lowest BCUT2D eigenvalue weighted by Crippen LogP contribution is -2.42. The molecule has 1 aromatic rings. The smallest absolute Gasteiger partial charge is 0.251 e. The van der Waals surface area contributed by atoms with Gasteiger partial charge in [0.05, 0.1) is 10.9 Å². The minimum atomic E-state index is -0.108. The third-order valence-corrected chi connectivity index (χ3v) is 5.33. The Bertz CT molecular complexity index is 608. The number of nitrogens with one attached hydrogen (secondary N) is 2. The molecule has 0 fully saturated rings. The molecule has 0 saturated heterocycles. The fraction of sp³-hybridized carbons (Fsp3) is 0.556. The predicted octanol–water partition coefficient (Wildman–Crippen LogP) is 2.97. The third-order valence-electron chi connectivity index (χ3n) is 4.15. The fourth-order valence-electron chi connectivity index (χ4n) is 2.86. The van der Waals surface area contributed by atoms with Gasteiger partial charge < -0.3 is 10.6 Å². The molecule has 24 heavy (non-hydrogen) atoms. The molecule has 1 heterocycles. The van der Waals surface area contributed by atoms with Crippen LogP contribution in [0.1, 0.15) is 45.0 Å². The first kappa shape index (κ1) is 18.8. The first-order valence-electron chi connectivity index (χ1n) is 8.45. The van der Waals surface area contributed by atoms with Gasteiger partial charge in [0.2, 0.25) is 5.91 Å². The molecule has 1 aromatic carbocycles. The highest BCUT2D eigenvalue weighted by atomic mass is 32.2. The molecule has 0 spiro atoms. The summed E-state index contributed by atoms with van der Waals surface area (Å²) in [6, 6.07) is 6.36. The van der Waals surface area contributed by atoms with Crippen LogP contribution in [-0.4, -0.2) is 47.1 Å². The number of carbonyl (C=O) groups excluding carboxylic acids is 2. The second-order valence-corrected chi connectivity index (χ2v) is 8.02. The maximum Gasteiger partial charge on any atom is 0.251 e. The van der Waals surface area contributed by atoms with Crippen molar-refractivity contribution in [2.24, 2.45) is 0 Å². The van der Waals surface area contributed by atoms with Crippen LogP contribution in [0.25, 0.3) is 0 Å². The standard InChI is InChI=1S/C18H27N3O2S/c1-11(2)21(12(3)4)9-8-19-18(23)14-6-7-16-15(10-14)20-17(22)13(5)24-16/h6-7,10-13H,8-9H2,1-5H3,(H,19,23)(H,20,22)/t13-/m0/s1. The molecule has 0 bridgehead atoms. The molecule has 0 saturated carbocycles. The van der Waals surface area contributed by atoms with Crippen molar-refractivity contribution in [3.63, 3.8) is 0 Å². The number of carbonyl (C=O) groups is 2. The molecule has 0 unspecified atom stereocenters. The van der Waals surface area contributed by atoms with Crippen molar-refractivity contribution in [2.45, 2.75) is 56.8 Å². The van der Waals surface area contributed by atoms with E-state index in [4.69, 9.17) is 0 Å². The zero-order chi connectivity index (χ0) is 17.9. The highest BCUT2D eigenvalue weighted by molar-refractivity contribution is 8.00. The summed E-state index contributed by atoms with van der Waals surface area (Å²) in [6.07, 6.45) is 0. The van der Waals surface area contributed by atoms with E-state index in [1.54, 1.807) is 6.07 Å². The number of thioether (sulfide) groups is 1.